The summed E-state index contributed by atoms with van der Waals surface area (Å²) >= 11 is 13.3. The maximum atomic E-state index is 3.40. The molecule has 0 aromatic carbocycles. The molecular formula is C7H14Br4. The Morgan fingerprint density at radius 3 is 1.45 bits per heavy atom. The molecular weight excluding hydrogens is 404 g/mol. The van der Waals surface area contributed by atoms with E-state index in [0.717, 1.165) is 16.0 Å². The van der Waals surface area contributed by atoms with E-state index < -0.39 is 0 Å². The molecule has 0 bridgehead atoms. The third kappa shape index (κ3) is 24.5. The minimum atomic E-state index is 0.664. The van der Waals surface area contributed by atoms with Crippen LogP contribution in [-0.4, -0.2) is 20.8 Å². The van der Waals surface area contributed by atoms with E-state index in [1.165, 1.54) is 12.8 Å². The molecule has 0 aliphatic rings. The lowest BCUT2D eigenvalue weighted by molar-refractivity contribution is 0.939. The Bertz CT molecular complexity index is 54.4. The van der Waals surface area contributed by atoms with Gasteiger partial charge in [0.1, 0.15) is 0 Å². The highest BCUT2D eigenvalue weighted by Gasteiger charge is 1.88. The van der Waals surface area contributed by atoms with E-state index in [-0.39, 0.29) is 0 Å². The van der Waals surface area contributed by atoms with Gasteiger partial charge in [0.25, 0.3) is 0 Å². The van der Waals surface area contributed by atoms with Gasteiger partial charge in [-0.05, 0) is 12.8 Å². The van der Waals surface area contributed by atoms with Crippen molar-refractivity contribution in [3.63, 3.8) is 0 Å². The van der Waals surface area contributed by atoms with Crippen molar-refractivity contribution in [3.05, 3.63) is 0 Å². The van der Waals surface area contributed by atoms with Crippen LogP contribution in [-0.2, 0) is 0 Å². The molecule has 1 unspecified atom stereocenters. The van der Waals surface area contributed by atoms with Crippen LogP contribution in [0.3, 0.4) is 0 Å². The molecule has 0 saturated carbocycles. The van der Waals surface area contributed by atoms with Crippen molar-refractivity contribution < 1.29 is 0 Å². The summed E-state index contributed by atoms with van der Waals surface area (Å²) in [6, 6.07) is 0. The molecule has 11 heavy (non-hydrogen) atoms. The lowest BCUT2D eigenvalue weighted by Crippen LogP contribution is -1.87. The predicted octanol–water partition coefficient (Wildman–Crippen LogP) is 4.72. The van der Waals surface area contributed by atoms with Crippen LogP contribution in [0.15, 0.2) is 0 Å². The zero-order valence-corrected chi connectivity index (χ0v) is 13.0. The molecule has 0 spiro atoms. The van der Waals surface area contributed by atoms with Crippen molar-refractivity contribution >= 4 is 63.7 Å². The van der Waals surface area contributed by atoms with E-state index >= 15 is 0 Å². The summed E-state index contributed by atoms with van der Waals surface area (Å²) < 4.78 is 0. The van der Waals surface area contributed by atoms with Crippen molar-refractivity contribution in [1.29, 1.82) is 0 Å². The van der Waals surface area contributed by atoms with Gasteiger partial charge in [-0.1, -0.05) is 70.6 Å². The maximum Gasteiger partial charge on any atom is 0.0125 e. The van der Waals surface area contributed by atoms with Crippen LogP contribution in [0.2, 0.25) is 0 Å². The summed E-state index contributed by atoms with van der Waals surface area (Å²) in [7, 11) is 0. The van der Waals surface area contributed by atoms with Crippen LogP contribution in [0, 0.1) is 0 Å². The predicted molar refractivity (Wildman–Crippen MR) is 69.0 cm³/mol. The van der Waals surface area contributed by atoms with Gasteiger partial charge in [0.15, 0.2) is 0 Å². The molecule has 70 valence electrons. The number of hydrogen-bond donors (Lipinski definition) is 0. The largest absolute Gasteiger partial charge is 0.0928 e. The third-order valence-electron chi connectivity index (χ3n) is 0.774. The normalized spacial score (nSPS) is 11.7. The van der Waals surface area contributed by atoms with Crippen LogP contribution < -0.4 is 0 Å². The van der Waals surface area contributed by atoms with Gasteiger partial charge in [-0.25, -0.2) is 0 Å². The highest BCUT2D eigenvalue weighted by molar-refractivity contribution is 9.10. The second-order valence-electron chi connectivity index (χ2n) is 1.99. The molecule has 0 amide bonds. The Morgan fingerprint density at radius 1 is 1.00 bits per heavy atom. The average molecular weight is 418 g/mol. The van der Waals surface area contributed by atoms with Crippen molar-refractivity contribution in [2.24, 2.45) is 0 Å². The van der Waals surface area contributed by atoms with Gasteiger partial charge in [0.05, 0.1) is 0 Å². The van der Waals surface area contributed by atoms with E-state index in [1.807, 2.05) is 0 Å². The first-order valence-electron chi connectivity index (χ1n) is 3.51. The van der Waals surface area contributed by atoms with Gasteiger partial charge >= 0.3 is 0 Å². The first-order valence-corrected chi connectivity index (χ1v) is 7.79. The number of alkyl halides is 4. The molecule has 0 nitrogen and oxygen atoms in total. The molecule has 1 atom stereocenters. The molecule has 0 aromatic rings. The lowest BCUT2D eigenvalue weighted by Gasteiger charge is -1.92. The van der Waals surface area contributed by atoms with Crippen molar-refractivity contribution in [3.8, 4) is 0 Å². The molecule has 0 saturated heterocycles. The number of halogens is 4. The fourth-order valence-corrected chi connectivity index (χ4v) is 3.04. The molecule has 0 heterocycles. The smallest absolute Gasteiger partial charge is 0.0125 e. The molecule has 0 aliphatic heterocycles. The SMILES string of the molecule is BrCCCBr.CC(Br)CCBr. The Morgan fingerprint density at radius 2 is 1.45 bits per heavy atom. The summed E-state index contributed by atoms with van der Waals surface area (Å²) in [6.07, 6.45) is 2.43. The summed E-state index contributed by atoms with van der Waals surface area (Å²) in [5.41, 5.74) is 0. The van der Waals surface area contributed by atoms with Crippen LogP contribution in [0.5, 0.6) is 0 Å². The van der Waals surface area contributed by atoms with E-state index in [2.05, 4.69) is 70.6 Å². The van der Waals surface area contributed by atoms with Crippen LogP contribution in [0.25, 0.3) is 0 Å². The Labute approximate surface area is 103 Å². The first-order chi connectivity index (χ1) is 5.18. The molecule has 0 aromatic heterocycles. The maximum absolute atomic E-state index is 3.40. The molecule has 0 N–H and O–H groups in total. The minimum Gasteiger partial charge on any atom is -0.0928 e. The second-order valence-corrected chi connectivity index (χ2v) is 5.93. The molecule has 0 fully saturated rings. The topological polar surface area (TPSA) is 0 Å². The van der Waals surface area contributed by atoms with Gasteiger partial charge in [-0.15, -0.1) is 0 Å². The fourth-order valence-electron chi connectivity index (χ4n) is 0.201. The highest BCUT2D eigenvalue weighted by Crippen LogP contribution is 2.03. The lowest BCUT2D eigenvalue weighted by atomic mass is 10.4. The minimum absolute atomic E-state index is 0.664. The van der Waals surface area contributed by atoms with Crippen molar-refractivity contribution in [2.75, 3.05) is 16.0 Å². The zero-order chi connectivity index (χ0) is 9.11. The van der Waals surface area contributed by atoms with Gasteiger partial charge in [0.2, 0.25) is 0 Å². The van der Waals surface area contributed by atoms with Crippen LogP contribution in [0.4, 0.5) is 0 Å². The van der Waals surface area contributed by atoms with Gasteiger partial charge < -0.3 is 0 Å². The van der Waals surface area contributed by atoms with Crippen LogP contribution in [0.1, 0.15) is 19.8 Å². The van der Waals surface area contributed by atoms with Gasteiger partial charge in [-0.2, -0.15) is 0 Å². The Kier molecular flexibility index (Phi) is 20.2. The van der Waals surface area contributed by atoms with E-state index in [4.69, 9.17) is 0 Å². The zero-order valence-electron chi connectivity index (χ0n) is 6.62. The average Bonchev–Trinajstić information content (AvgIpc) is 1.90. The number of rotatable bonds is 4. The fraction of sp³-hybridized carbons (Fsp3) is 1.00. The van der Waals surface area contributed by atoms with Crippen LogP contribution >= 0.6 is 63.7 Å². The quantitative estimate of drug-likeness (QED) is 0.581. The molecule has 0 rings (SSSR count). The van der Waals surface area contributed by atoms with Crippen molar-refractivity contribution in [1.82, 2.24) is 0 Å². The van der Waals surface area contributed by atoms with E-state index in [0.29, 0.717) is 4.83 Å². The summed E-state index contributed by atoms with van der Waals surface area (Å²) in [5.74, 6) is 0. The van der Waals surface area contributed by atoms with Gasteiger partial charge in [-0.3, -0.25) is 0 Å². The highest BCUT2D eigenvalue weighted by atomic mass is 79.9. The third-order valence-corrected chi connectivity index (χ3v) is 2.81. The van der Waals surface area contributed by atoms with E-state index in [9.17, 15) is 0 Å². The standard InChI is InChI=1S/C4H8Br2.C3H6Br2/c1-4(6)2-3-5;4-2-1-3-5/h4H,2-3H2,1H3;1-3H2. The first kappa shape index (κ1) is 15.4. The molecule has 0 aliphatic carbocycles. The summed E-state index contributed by atoms with van der Waals surface area (Å²) in [6.45, 7) is 2.14. The summed E-state index contributed by atoms with van der Waals surface area (Å²) in [5, 5.41) is 3.32. The monoisotopic (exact) mass is 414 g/mol. The van der Waals surface area contributed by atoms with E-state index in [1.54, 1.807) is 0 Å². The Balaban J connectivity index is 0. The summed E-state index contributed by atoms with van der Waals surface area (Å²) in [4.78, 5) is 0.664. The van der Waals surface area contributed by atoms with Crippen molar-refractivity contribution in [2.45, 2.75) is 24.6 Å². The molecule has 4 heteroatoms. The second kappa shape index (κ2) is 14.4. The Hall–Kier alpha value is 1.92. The molecule has 0 radical (unpaired) electrons. The number of hydrogen-bond acceptors (Lipinski definition) is 0. The van der Waals surface area contributed by atoms with Gasteiger partial charge in [0, 0.05) is 20.8 Å².